The van der Waals surface area contributed by atoms with Crippen LogP contribution in [0.3, 0.4) is 0 Å². The number of piperazine rings is 1. The summed E-state index contributed by atoms with van der Waals surface area (Å²) >= 11 is 0. The summed E-state index contributed by atoms with van der Waals surface area (Å²) in [4.78, 5) is 29.0. The number of esters is 1. The predicted molar refractivity (Wildman–Crippen MR) is 114 cm³/mol. The van der Waals surface area contributed by atoms with E-state index in [9.17, 15) is 9.59 Å². The first-order chi connectivity index (χ1) is 14.2. The van der Waals surface area contributed by atoms with Crippen molar-refractivity contribution >= 4 is 17.6 Å². The molecule has 3 rings (SSSR count). The van der Waals surface area contributed by atoms with E-state index in [0.29, 0.717) is 19.4 Å². The van der Waals surface area contributed by atoms with E-state index < -0.39 is 11.9 Å². The molecule has 2 heterocycles. The Morgan fingerprint density at radius 3 is 2.53 bits per heavy atom. The number of hydrogen-bond acceptors (Lipinski definition) is 6. The highest BCUT2D eigenvalue weighted by Crippen LogP contribution is 2.28. The van der Waals surface area contributed by atoms with Crippen molar-refractivity contribution in [2.24, 2.45) is 5.92 Å². The Hall–Kier alpha value is -2.28. The van der Waals surface area contributed by atoms with Crippen molar-refractivity contribution in [3.63, 3.8) is 0 Å². The van der Waals surface area contributed by atoms with Crippen LogP contribution in [-0.2, 0) is 19.1 Å². The Balaban J connectivity index is 1.46. The minimum absolute atomic E-state index is 0.148. The smallest absolute Gasteiger partial charge is 0.337 e. The minimum Gasteiger partial charge on any atom is -0.497 e. The molecule has 0 radical (unpaired) electrons. The molecular weight excluding hydrogens is 384 g/mol. The molecule has 7 nitrogen and oxygen atoms in total. The lowest BCUT2D eigenvalue weighted by Crippen LogP contribution is -2.54. The predicted octanol–water partition coefficient (Wildman–Crippen LogP) is 3.22. The highest BCUT2D eigenvalue weighted by atomic mass is 16.8. The molecule has 0 bridgehead atoms. The van der Waals surface area contributed by atoms with Gasteiger partial charge in [-0.15, -0.1) is 0 Å². The minimum atomic E-state index is -0.847. The summed E-state index contributed by atoms with van der Waals surface area (Å²) in [7, 11) is 1.66. The molecule has 1 aromatic rings. The summed E-state index contributed by atoms with van der Waals surface area (Å²) in [6, 6.07) is 8.19. The third kappa shape index (κ3) is 5.45. The molecule has 1 aromatic carbocycles. The van der Waals surface area contributed by atoms with Crippen molar-refractivity contribution in [2.45, 2.75) is 64.9 Å². The van der Waals surface area contributed by atoms with Crippen LogP contribution in [0.4, 0.5) is 5.69 Å². The van der Waals surface area contributed by atoms with E-state index in [-0.39, 0.29) is 23.8 Å². The Kier molecular flexibility index (Phi) is 6.91. The fourth-order valence-electron chi connectivity index (χ4n) is 4.21. The Morgan fingerprint density at radius 1 is 1.27 bits per heavy atom. The molecule has 3 atom stereocenters. The van der Waals surface area contributed by atoms with E-state index in [4.69, 9.17) is 14.2 Å². The number of rotatable bonds is 7. The van der Waals surface area contributed by atoms with Gasteiger partial charge in [-0.3, -0.25) is 4.79 Å². The molecule has 2 fully saturated rings. The van der Waals surface area contributed by atoms with Crippen molar-refractivity contribution in [3.8, 4) is 5.75 Å². The van der Waals surface area contributed by atoms with E-state index in [2.05, 4.69) is 30.9 Å². The number of cyclic esters (lactones) is 1. The van der Waals surface area contributed by atoms with Crippen LogP contribution in [0, 0.1) is 5.92 Å². The lowest BCUT2D eigenvalue weighted by molar-refractivity contribution is -0.161. The van der Waals surface area contributed by atoms with E-state index in [1.165, 1.54) is 0 Å². The van der Waals surface area contributed by atoms with Crippen molar-refractivity contribution in [1.82, 2.24) is 4.90 Å². The number of nitrogens with zero attached hydrogens (tertiary/aromatic N) is 2. The van der Waals surface area contributed by atoms with Gasteiger partial charge in [0.25, 0.3) is 0 Å². The number of benzene rings is 1. The molecule has 166 valence electrons. The average Bonchev–Trinajstić information content (AvgIpc) is 2.97. The average molecular weight is 419 g/mol. The Bertz CT molecular complexity index is 748. The molecule has 1 unspecified atom stereocenters. The van der Waals surface area contributed by atoms with Crippen LogP contribution < -0.4 is 9.64 Å². The summed E-state index contributed by atoms with van der Waals surface area (Å²) in [5.41, 5.74) is 1.15. The fraction of sp³-hybridized carbons (Fsp3) is 0.652. The normalized spacial score (nSPS) is 24.5. The van der Waals surface area contributed by atoms with E-state index >= 15 is 0 Å². The van der Waals surface area contributed by atoms with E-state index in [0.717, 1.165) is 30.9 Å². The zero-order valence-electron chi connectivity index (χ0n) is 18.7. The van der Waals surface area contributed by atoms with E-state index in [1.54, 1.807) is 21.0 Å². The number of ether oxygens (including phenoxy) is 3. The molecule has 30 heavy (non-hydrogen) atoms. The molecule has 2 saturated heterocycles. The van der Waals surface area contributed by atoms with Crippen LogP contribution in [0.1, 0.15) is 47.0 Å². The molecule has 0 spiro atoms. The maximum Gasteiger partial charge on any atom is 0.337 e. The lowest BCUT2D eigenvalue weighted by atomic mass is 9.98. The highest BCUT2D eigenvalue weighted by molar-refractivity contribution is 5.77. The first-order valence-electron chi connectivity index (χ1n) is 10.8. The van der Waals surface area contributed by atoms with Gasteiger partial charge < -0.3 is 24.0 Å². The third-order valence-electron chi connectivity index (χ3n) is 5.87. The van der Waals surface area contributed by atoms with Gasteiger partial charge in [0.05, 0.1) is 7.11 Å². The van der Waals surface area contributed by atoms with Crippen LogP contribution in [0.25, 0.3) is 0 Å². The first kappa shape index (κ1) is 22.4. The molecule has 0 aromatic heterocycles. The van der Waals surface area contributed by atoms with Gasteiger partial charge in [0.2, 0.25) is 11.7 Å². The summed E-state index contributed by atoms with van der Waals surface area (Å²) in [5, 5.41) is 0. The van der Waals surface area contributed by atoms with Crippen molar-refractivity contribution in [3.05, 3.63) is 24.3 Å². The van der Waals surface area contributed by atoms with Gasteiger partial charge in [-0.1, -0.05) is 6.92 Å². The quantitative estimate of drug-likeness (QED) is 0.634. The number of methoxy groups -OCH3 is 1. The number of carbonyl (C=O) groups is 2. The van der Waals surface area contributed by atoms with Gasteiger partial charge in [0, 0.05) is 51.6 Å². The van der Waals surface area contributed by atoms with Crippen LogP contribution in [0.5, 0.6) is 5.75 Å². The Labute approximate surface area is 179 Å². The summed E-state index contributed by atoms with van der Waals surface area (Å²) in [5.74, 6) is 0.0556. The number of carbonyl (C=O) groups excluding carboxylic acids is 2. The van der Waals surface area contributed by atoms with Gasteiger partial charge in [-0.25, -0.2) is 4.79 Å². The first-order valence-corrected chi connectivity index (χ1v) is 10.8. The van der Waals surface area contributed by atoms with Crippen LogP contribution in [0.15, 0.2) is 24.3 Å². The van der Waals surface area contributed by atoms with Gasteiger partial charge in [0.1, 0.15) is 5.75 Å². The molecule has 0 saturated carbocycles. The van der Waals surface area contributed by atoms with Crippen LogP contribution in [-0.4, -0.2) is 61.5 Å². The molecule has 2 aliphatic heterocycles. The second-order valence-electron chi connectivity index (χ2n) is 8.89. The number of anilines is 1. The van der Waals surface area contributed by atoms with Crippen molar-refractivity contribution < 1.29 is 23.8 Å². The number of amides is 1. The second-order valence-corrected chi connectivity index (χ2v) is 8.89. The largest absolute Gasteiger partial charge is 0.497 e. The summed E-state index contributed by atoms with van der Waals surface area (Å²) in [6.07, 6.45) is 1.29. The number of hydrogen-bond donors (Lipinski definition) is 0. The molecule has 2 aliphatic rings. The topological polar surface area (TPSA) is 68.3 Å². The zero-order valence-corrected chi connectivity index (χ0v) is 18.7. The summed E-state index contributed by atoms with van der Waals surface area (Å²) in [6.45, 7) is 9.97. The molecular formula is C23H34N2O5. The lowest BCUT2D eigenvalue weighted by Gasteiger charge is -2.41. The van der Waals surface area contributed by atoms with Crippen LogP contribution in [0.2, 0.25) is 0 Å². The molecule has 1 amide bonds. The fourth-order valence-corrected chi connectivity index (χ4v) is 4.21. The zero-order chi connectivity index (χ0) is 21.9. The summed E-state index contributed by atoms with van der Waals surface area (Å²) < 4.78 is 16.1. The highest BCUT2D eigenvalue weighted by Gasteiger charge is 2.40. The van der Waals surface area contributed by atoms with Gasteiger partial charge in [-0.05, 0) is 49.9 Å². The Morgan fingerprint density at radius 2 is 1.97 bits per heavy atom. The maximum absolute atomic E-state index is 12.9. The van der Waals surface area contributed by atoms with Gasteiger partial charge in [0.15, 0.2) is 6.10 Å². The second kappa shape index (κ2) is 9.25. The van der Waals surface area contributed by atoms with Gasteiger partial charge in [-0.2, -0.15) is 0 Å². The molecule has 7 heteroatoms. The molecule has 0 N–H and O–H groups in total. The third-order valence-corrected chi connectivity index (χ3v) is 5.87. The van der Waals surface area contributed by atoms with Crippen molar-refractivity contribution in [2.75, 3.05) is 31.6 Å². The van der Waals surface area contributed by atoms with E-state index in [1.807, 2.05) is 17.0 Å². The maximum atomic E-state index is 12.9. The van der Waals surface area contributed by atoms with Gasteiger partial charge >= 0.3 is 5.97 Å². The monoisotopic (exact) mass is 418 g/mol. The standard InChI is InChI=1S/C23H34N2O5/c1-16(6-11-20-22(27)30-23(3,4)29-20)14-21(26)25-13-12-24(15-17(25)2)18-7-9-19(28-5)10-8-18/h7-10,16-17,20H,6,11-15H2,1-5H3/t16?,17-,20+/m1/s1. The van der Waals surface area contributed by atoms with Crippen molar-refractivity contribution in [1.29, 1.82) is 0 Å². The van der Waals surface area contributed by atoms with Crippen LogP contribution >= 0.6 is 0 Å². The molecule has 0 aliphatic carbocycles. The SMILES string of the molecule is COc1ccc(N2CCN(C(=O)CC(C)CC[C@@H]3OC(C)(C)OC3=O)[C@H](C)C2)cc1.